The van der Waals surface area contributed by atoms with Gasteiger partial charge in [0.05, 0.1) is 17.8 Å². The Morgan fingerprint density at radius 2 is 1.90 bits per heavy atom. The molecular formula is C21H17N3O4S2. The fraction of sp³-hybridized carbons (Fsp3) is 0.190. The van der Waals surface area contributed by atoms with Crippen LogP contribution in [0.3, 0.4) is 0 Å². The summed E-state index contributed by atoms with van der Waals surface area (Å²) in [4.78, 5) is 31.0. The van der Waals surface area contributed by atoms with E-state index in [1.165, 1.54) is 23.5 Å². The lowest BCUT2D eigenvalue weighted by atomic mass is 10.1. The Morgan fingerprint density at radius 1 is 1.07 bits per heavy atom. The van der Waals surface area contributed by atoms with E-state index < -0.39 is 15.9 Å². The van der Waals surface area contributed by atoms with Gasteiger partial charge >= 0.3 is 0 Å². The maximum absolute atomic E-state index is 12.7. The molecule has 3 heterocycles. The summed E-state index contributed by atoms with van der Waals surface area (Å²) in [5, 5.41) is 2.36. The van der Waals surface area contributed by atoms with Crippen LogP contribution in [-0.4, -0.2) is 36.1 Å². The first kappa shape index (κ1) is 19.0. The van der Waals surface area contributed by atoms with E-state index in [0.29, 0.717) is 23.7 Å². The highest BCUT2D eigenvalue weighted by Gasteiger charge is 2.41. The van der Waals surface area contributed by atoms with Crippen LogP contribution in [0.15, 0.2) is 58.8 Å². The van der Waals surface area contributed by atoms with Crippen molar-refractivity contribution in [1.82, 2.24) is 9.29 Å². The van der Waals surface area contributed by atoms with E-state index in [1.807, 2.05) is 29.6 Å². The SMILES string of the molecule is O=C1CCCN1c1cccc(-c2csc(CN3C(=O)c4ccccc4S3(=O)=O)n2)c1. The molecule has 0 unspecified atom stereocenters. The first-order valence-electron chi connectivity index (χ1n) is 9.46. The van der Waals surface area contributed by atoms with Crippen LogP contribution in [-0.2, 0) is 21.4 Å². The van der Waals surface area contributed by atoms with Crippen molar-refractivity contribution in [2.75, 3.05) is 11.4 Å². The van der Waals surface area contributed by atoms with Crippen LogP contribution in [0.1, 0.15) is 28.2 Å². The van der Waals surface area contributed by atoms with E-state index in [0.717, 1.165) is 22.0 Å². The Bertz CT molecular complexity index is 1280. The van der Waals surface area contributed by atoms with Gasteiger partial charge in [-0.25, -0.2) is 17.7 Å². The highest BCUT2D eigenvalue weighted by molar-refractivity contribution is 7.90. The molecule has 9 heteroatoms. The third-order valence-electron chi connectivity index (χ3n) is 5.27. The molecule has 0 aliphatic carbocycles. The lowest BCUT2D eigenvalue weighted by molar-refractivity contribution is -0.117. The molecule has 0 N–H and O–H groups in total. The van der Waals surface area contributed by atoms with Gasteiger partial charge in [0.25, 0.3) is 15.9 Å². The van der Waals surface area contributed by atoms with Crippen molar-refractivity contribution in [3.05, 3.63) is 64.5 Å². The Kier molecular flexibility index (Phi) is 4.44. The molecule has 1 aromatic heterocycles. The first-order chi connectivity index (χ1) is 14.4. The lowest BCUT2D eigenvalue weighted by Crippen LogP contribution is -2.29. The summed E-state index contributed by atoms with van der Waals surface area (Å²) in [6.07, 6.45) is 1.41. The fourth-order valence-electron chi connectivity index (χ4n) is 3.78. The number of sulfonamides is 1. The van der Waals surface area contributed by atoms with Crippen molar-refractivity contribution in [3.8, 4) is 11.3 Å². The monoisotopic (exact) mass is 439 g/mol. The van der Waals surface area contributed by atoms with Gasteiger partial charge in [0.1, 0.15) is 9.90 Å². The molecule has 152 valence electrons. The molecule has 0 saturated carbocycles. The fourth-order valence-corrected chi connectivity index (χ4v) is 6.18. The zero-order valence-electron chi connectivity index (χ0n) is 15.8. The van der Waals surface area contributed by atoms with Crippen molar-refractivity contribution in [3.63, 3.8) is 0 Å². The minimum absolute atomic E-state index is 0.0368. The zero-order valence-corrected chi connectivity index (χ0v) is 17.4. The Morgan fingerprint density at radius 3 is 2.67 bits per heavy atom. The molecule has 7 nitrogen and oxygen atoms in total. The first-order valence-corrected chi connectivity index (χ1v) is 11.8. The summed E-state index contributed by atoms with van der Waals surface area (Å²) in [5.74, 6) is -0.416. The van der Waals surface area contributed by atoms with Crippen molar-refractivity contribution in [2.24, 2.45) is 0 Å². The van der Waals surface area contributed by atoms with Crippen LogP contribution in [0.25, 0.3) is 11.3 Å². The van der Waals surface area contributed by atoms with Crippen molar-refractivity contribution >= 4 is 38.9 Å². The van der Waals surface area contributed by atoms with Gasteiger partial charge in [-0.15, -0.1) is 11.3 Å². The normalized spacial score (nSPS) is 17.6. The van der Waals surface area contributed by atoms with E-state index in [-0.39, 0.29) is 22.9 Å². The molecule has 3 aromatic rings. The van der Waals surface area contributed by atoms with Gasteiger partial charge in [0.2, 0.25) is 5.91 Å². The van der Waals surface area contributed by atoms with Gasteiger partial charge in [0, 0.05) is 29.6 Å². The largest absolute Gasteiger partial charge is 0.312 e. The average Bonchev–Trinajstić information content (AvgIpc) is 3.44. The molecule has 2 amide bonds. The Balaban J connectivity index is 1.41. The van der Waals surface area contributed by atoms with Crippen molar-refractivity contribution in [2.45, 2.75) is 24.3 Å². The van der Waals surface area contributed by atoms with Crippen LogP contribution in [0.2, 0.25) is 0 Å². The summed E-state index contributed by atoms with van der Waals surface area (Å²) in [6.45, 7) is 0.602. The molecule has 0 bridgehead atoms. The number of nitrogens with zero attached hydrogens (tertiary/aromatic N) is 3. The van der Waals surface area contributed by atoms with Crippen LogP contribution < -0.4 is 4.90 Å². The van der Waals surface area contributed by atoms with E-state index in [1.54, 1.807) is 17.0 Å². The van der Waals surface area contributed by atoms with Crippen molar-refractivity contribution < 1.29 is 18.0 Å². The number of carbonyl (C=O) groups excluding carboxylic acids is 2. The van der Waals surface area contributed by atoms with Gasteiger partial charge < -0.3 is 4.90 Å². The molecule has 2 aliphatic rings. The minimum Gasteiger partial charge on any atom is -0.312 e. The van der Waals surface area contributed by atoms with Crippen LogP contribution in [0, 0.1) is 0 Å². The third kappa shape index (κ3) is 3.01. The molecular weight excluding hydrogens is 422 g/mol. The number of carbonyl (C=O) groups is 2. The van der Waals surface area contributed by atoms with Gasteiger partial charge in [0.15, 0.2) is 0 Å². The highest BCUT2D eigenvalue weighted by Crippen LogP contribution is 2.33. The third-order valence-corrected chi connectivity index (χ3v) is 7.89. The Labute approximate surface area is 177 Å². The highest BCUT2D eigenvalue weighted by atomic mass is 32.2. The predicted octanol–water partition coefficient (Wildman–Crippen LogP) is 3.28. The van der Waals surface area contributed by atoms with Crippen LogP contribution in [0.5, 0.6) is 0 Å². The molecule has 1 saturated heterocycles. The quantitative estimate of drug-likeness (QED) is 0.623. The van der Waals surface area contributed by atoms with E-state index in [4.69, 9.17) is 0 Å². The minimum atomic E-state index is -3.87. The molecule has 1 fully saturated rings. The molecule has 2 aromatic carbocycles. The molecule has 30 heavy (non-hydrogen) atoms. The predicted molar refractivity (Wildman–Crippen MR) is 113 cm³/mol. The second kappa shape index (κ2) is 7.03. The summed E-state index contributed by atoms with van der Waals surface area (Å²) in [5.41, 5.74) is 2.55. The average molecular weight is 440 g/mol. The number of thiazole rings is 1. The number of aromatic nitrogens is 1. The number of fused-ring (bicyclic) bond motifs is 1. The summed E-state index contributed by atoms with van der Waals surface area (Å²) in [7, 11) is -3.87. The van der Waals surface area contributed by atoms with Gasteiger partial charge in [-0.1, -0.05) is 24.3 Å². The number of hydrogen-bond acceptors (Lipinski definition) is 6. The maximum Gasteiger partial charge on any atom is 0.269 e. The molecule has 2 aliphatic heterocycles. The molecule has 0 atom stereocenters. The second-order valence-electron chi connectivity index (χ2n) is 7.14. The standard InChI is InChI=1S/C21H17N3O4S2/c25-20-9-4-10-23(20)15-6-3-5-14(11-15)17-13-29-19(22-17)12-24-21(26)16-7-1-2-8-18(16)30(24,27)28/h1-3,5-8,11,13H,4,9-10,12H2. The summed E-state index contributed by atoms with van der Waals surface area (Å²) >= 11 is 1.30. The summed E-state index contributed by atoms with van der Waals surface area (Å²) < 4.78 is 26.4. The number of anilines is 1. The number of rotatable bonds is 4. The smallest absolute Gasteiger partial charge is 0.269 e. The second-order valence-corrected chi connectivity index (χ2v) is 9.91. The number of benzene rings is 2. The van der Waals surface area contributed by atoms with Gasteiger partial charge in [-0.05, 0) is 30.7 Å². The van der Waals surface area contributed by atoms with E-state index in [2.05, 4.69) is 4.98 Å². The van der Waals surface area contributed by atoms with E-state index in [9.17, 15) is 18.0 Å². The lowest BCUT2D eigenvalue weighted by Gasteiger charge is -2.16. The zero-order chi connectivity index (χ0) is 20.9. The molecule has 0 spiro atoms. The van der Waals surface area contributed by atoms with Crippen LogP contribution in [0.4, 0.5) is 5.69 Å². The van der Waals surface area contributed by atoms with Crippen molar-refractivity contribution in [1.29, 1.82) is 0 Å². The summed E-state index contributed by atoms with van der Waals surface area (Å²) in [6, 6.07) is 13.8. The van der Waals surface area contributed by atoms with Crippen LogP contribution >= 0.6 is 11.3 Å². The van der Waals surface area contributed by atoms with Gasteiger partial charge in [-0.3, -0.25) is 9.59 Å². The van der Waals surface area contributed by atoms with E-state index >= 15 is 0 Å². The molecule has 0 radical (unpaired) electrons. The maximum atomic E-state index is 12.7. The number of amides is 2. The number of hydrogen-bond donors (Lipinski definition) is 0. The topological polar surface area (TPSA) is 87.7 Å². The molecule has 5 rings (SSSR count). The Hall–Kier alpha value is -3.04. The van der Waals surface area contributed by atoms with Gasteiger partial charge in [-0.2, -0.15) is 0 Å².